The van der Waals surface area contributed by atoms with E-state index in [9.17, 15) is 4.79 Å². The first kappa shape index (κ1) is 12.2. The number of Topliss-reactive ketones (excluding diaryl/α,β-unsaturated/α-hetero) is 1. The molecule has 84 valence electrons. The highest BCUT2D eigenvalue weighted by molar-refractivity contribution is 5.97. The number of likely N-dealkylation sites (N-methyl/N-ethyl adjacent to an activating group) is 1. The van der Waals surface area contributed by atoms with Crippen molar-refractivity contribution in [1.29, 1.82) is 0 Å². The highest BCUT2D eigenvalue weighted by atomic mass is 16.5. The number of carbonyl (C=O) groups excluding carboxylic acids is 1. The summed E-state index contributed by atoms with van der Waals surface area (Å²) in [5.41, 5.74) is -0.259. The lowest BCUT2D eigenvalue weighted by molar-refractivity contribution is -0.116. The molecular formula is C12H19NO2. The average Bonchev–Trinajstić information content (AvgIpc) is 2.63. The van der Waals surface area contributed by atoms with Gasteiger partial charge in [0.1, 0.15) is 5.54 Å². The van der Waals surface area contributed by atoms with Gasteiger partial charge in [-0.3, -0.25) is 9.69 Å². The van der Waals surface area contributed by atoms with Gasteiger partial charge in [0.2, 0.25) is 5.78 Å². The maximum Gasteiger partial charge on any atom is 0.208 e. The Bertz CT molecular complexity index is 290. The molecule has 1 atom stereocenters. The first-order valence-electron chi connectivity index (χ1n) is 5.30. The SMILES string of the molecule is CC(C)C(=O)C#CC1(N(C)C)CCOC1. The molecule has 0 spiro atoms. The fourth-order valence-electron chi connectivity index (χ4n) is 1.44. The molecule has 0 bridgehead atoms. The summed E-state index contributed by atoms with van der Waals surface area (Å²) in [7, 11) is 3.95. The minimum Gasteiger partial charge on any atom is -0.378 e. The highest BCUT2D eigenvalue weighted by Gasteiger charge is 2.35. The fraction of sp³-hybridized carbons (Fsp3) is 0.750. The van der Waals surface area contributed by atoms with E-state index in [4.69, 9.17) is 4.74 Å². The third-order valence-corrected chi connectivity index (χ3v) is 2.80. The van der Waals surface area contributed by atoms with Crippen molar-refractivity contribution < 1.29 is 9.53 Å². The Kier molecular flexibility index (Phi) is 3.90. The lowest BCUT2D eigenvalue weighted by Gasteiger charge is -2.28. The summed E-state index contributed by atoms with van der Waals surface area (Å²) in [6.07, 6.45) is 0.873. The zero-order chi connectivity index (χ0) is 11.5. The maximum absolute atomic E-state index is 11.4. The Morgan fingerprint density at radius 1 is 1.47 bits per heavy atom. The van der Waals surface area contributed by atoms with Crippen LogP contribution in [0.3, 0.4) is 0 Å². The molecule has 3 nitrogen and oxygen atoms in total. The maximum atomic E-state index is 11.4. The van der Waals surface area contributed by atoms with Crippen LogP contribution in [0.4, 0.5) is 0 Å². The monoisotopic (exact) mass is 209 g/mol. The molecule has 1 saturated heterocycles. The van der Waals surface area contributed by atoms with Crippen molar-refractivity contribution in [2.24, 2.45) is 5.92 Å². The van der Waals surface area contributed by atoms with Gasteiger partial charge in [-0.1, -0.05) is 19.8 Å². The van der Waals surface area contributed by atoms with Crippen LogP contribution in [0.25, 0.3) is 0 Å². The second-order valence-corrected chi connectivity index (χ2v) is 4.50. The molecular weight excluding hydrogens is 190 g/mol. The molecule has 0 aromatic carbocycles. The largest absolute Gasteiger partial charge is 0.378 e. The van der Waals surface area contributed by atoms with E-state index in [-0.39, 0.29) is 17.2 Å². The molecule has 1 heterocycles. The summed E-state index contributed by atoms with van der Waals surface area (Å²) in [5.74, 6) is 5.80. The van der Waals surface area contributed by atoms with E-state index in [1.807, 2.05) is 32.8 Å². The lowest BCUT2D eigenvalue weighted by atomic mass is 9.97. The van der Waals surface area contributed by atoms with Gasteiger partial charge in [-0.05, 0) is 20.0 Å². The Hall–Kier alpha value is -0.850. The van der Waals surface area contributed by atoms with Crippen LogP contribution in [-0.4, -0.2) is 43.5 Å². The molecule has 1 fully saturated rings. The Morgan fingerprint density at radius 2 is 2.13 bits per heavy atom. The van der Waals surface area contributed by atoms with Crippen molar-refractivity contribution in [1.82, 2.24) is 4.90 Å². The highest BCUT2D eigenvalue weighted by Crippen LogP contribution is 2.22. The Labute approximate surface area is 91.8 Å². The van der Waals surface area contributed by atoms with Gasteiger partial charge in [0.25, 0.3) is 0 Å². The standard InChI is InChI=1S/C12H19NO2/c1-10(2)11(14)5-6-12(13(3)4)7-8-15-9-12/h10H,7-9H2,1-4H3. The van der Waals surface area contributed by atoms with Gasteiger partial charge in [0, 0.05) is 18.9 Å². The molecule has 0 aromatic rings. The average molecular weight is 209 g/mol. The number of ketones is 1. The molecule has 0 aliphatic carbocycles. The molecule has 0 radical (unpaired) electrons. The number of ether oxygens (including phenoxy) is 1. The molecule has 0 amide bonds. The topological polar surface area (TPSA) is 29.5 Å². The van der Waals surface area contributed by atoms with Crippen LogP contribution >= 0.6 is 0 Å². The summed E-state index contributed by atoms with van der Waals surface area (Å²) < 4.78 is 5.36. The van der Waals surface area contributed by atoms with E-state index in [2.05, 4.69) is 11.8 Å². The number of rotatable bonds is 2. The summed E-state index contributed by atoms with van der Waals surface area (Å²) in [6, 6.07) is 0. The van der Waals surface area contributed by atoms with Gasteiger partial charge in [-0.2, -0.15) is 0 Å². The van der Waals surface area contributed by atoms with Crippen LogP contribution in [0.1, 0.15) is 20.3 Å². The van der Waals surface area contributed by atoms with Crippen molar-refractivity contribution in [3.63, 3.8) is 0 Å². The van der Waals surface area contributed by atoms with Crippen molar-refractivity contribution in [2.45, 2.75) is 25.8 Å². The lowest BCUT2D eigenvalue weighted by Crippen LogP contribution is -2.43. The normalized spacial score (nSPS) is 25.5. The number of nitrogens with zero attached hydrogens (tertiary/aromatic N) is 1. The van der Waals surface area contributed by atoms with Gasteiger partial charge >= 0.3 is 0 Å². The fourth-order valence-corrected chi connectivity index (χ4v) is 1.44. The third-order valence-electron chi connectivity index (χ3n) is 2.80. The van der Waals surface area contributed by atoms with Crippen LogP contribution in [0.15, 0.2) is 0 Å². The molecule has 3 heteroatoms. The molecule has 1 rings (SSSR count). The van der Waals surface area contributed by atoms with Gasteiger partial charge < -0.3 is 4.74 Å². The minimum absolute atomic E-state index is 0.00289. The molecule has 15 heavy (non-hydrogen) atoms. The number of carbonyl (C=O) groups is 1. The summed E-state index contributed by atoms with van der Waals surface area (Å²) in [6.45, 7) is 5.05. The summed E-state index contributed by atoms with van der Waals surface area (Å²) in [4.78, 5) is 13.5. The van der Waals surface area contributed by atoms with E-state index >= 15 is 0 Å². The first-order chi connectivity index (χ1) is 6.98. The predicted octanol–water partition coefficient (Wildman–Crippen LogP) is 0.936. The Morgan fingerprint density at radius 3 is 2.53 bits per heavy atom. The zero-order valence-electron chi connectivity index (χ0n) is 9.96. The van der Waals surface area contributed by atoms with E-state index < -0.39 is 0 Å². The predicted molar refractivity (Wildman–Crippen MR) is 59.5 cm³/mol. The molecule has 0 N–H and O–H groups in total. The quantitative estimate of drug-likeness (QED) is 0.500. The van der Waals surface area contributed by atoms with Gasteiger partial charge in [-0.15, -0.1) is 0 Å². The van der Waals surface area contributed by atoms with Crippen LogP contribution in [0.2, 0.25) is 0 Å². The van der Waals surface area contributed by atoms with Crippen LogP contribution in [-0.2, 0) is 9.53 Å². The van der Waals surface area contributed by atoms with Crippen LogP contribution < -0.4 is 0 Å². The summed E-state index contributed by atoms with van der Waals surface area (Å²) >= 11 is 0. The molecule has 0 saturated carbocycles. The third kappa shape index (κ3) is 2.80. The van der Waals surface area contributed by atoms with E-state index in [0.717, 1.165) is 13.0 Å². The second-order valence-electron chi connectivity index (χ2n) is 4.50. The summed E-state index contributed by atoms with van der Waals surface area (Å²) in [5, 5.41) is 0. The number of hydrogen-bond donors (Lipinski definition) is 0. The van der Waals surface area contributed by atoms with Crippen molar-refractivity contribution in [2.75, 3.05) is 27.3 Å². The van der Waals surface area contributed by atoms with Crippen LogP contribution in [0.5, 0.6) is 0 Å². The molecule has 0 aromatic heterocycles. The smallest absolute Gasteiger partial charge is 0.208 e. The minimum atomic E-state index is -0.259. The van der Waals surface area contributed by atoms with Gasteiger partial charge in [-0.25, -0.2) is 0 Å². The van der Waals surface area contributed by atoms with Crippen molar-refractivity contribution in [3.8, 4) is 11.8 Å². The molecule has 1 unspecified atom stereocenters. The van der Waals surface area contributed by atoms with E-state index in [0.29, 0.717) is 6.61 Å². The van der Waals surface area contributed by atoms with Crippen molar-refractivity contribution >= 4 is 5.78 Å². The van der Waals surface area contributed by atoms with Gasteiger partial charge in [0.05, 0.1) is 6.61 Å². The van der Waals surface area contributed by atoms with Crippen molar-refractivity contribution in [3.05, 3.63) is 0 Å². The second kappa shape index (κ2) is 4.78. The van der Waals surface area contributed by atoms with Crippen LogP contribution in [0, 0.1) is 17.8 Å². The first-order valence-corrected chi connectivity index (χ1v) is 5.30. The van der Waals surface area contributed by atoms with E-state index in [1.54, 1.807) is 0 Å². The number of hydrogen-bond acceptors (Lipinski definition) is 3. The molecule has 1 aliphatic heterocycles. The van der Waals surface area contributed by atoms with E-state index in [1.165, 1.54) is 0 Å². The molecule has 1 aliphatic rings. The zero-order valence-corrected chi connectivity index (χ0v) is 9.96. The Balaban J connectivity index is 2.79. The van der Waals surface area contributed by atoms with Gasteiger partial charge in [0.15, 0.2) is 0 Å².